The van der Waals surface area contributed by atoms with Crippen LogP contribution in [0.25, 0.3) is 11.1 Å². The summed E-state index contributed by atoms with van der Waals surface area (Å²) in [6.07, 6.45) is 0. The normalized spacial score (nSPS) is 19.0. The molecule has 1 aliphatic heterocycles. The standard InChI is InChI=1S/C20H14FNO3S/c1-25-15-10-6-5-9-14(15)20(21)17(23)16-13(12-7-3-2-4-8-12)11-26-18(16)22-19(20)24/h2-11H,1H3,(H,22,24). The van der Waals surface area contributed by atoms with Crippen molar-refractivity contribution >= 4 is 28.0 Å². The quantitative estimate of drug-likeness (QED) is 0.697. The molecular weight excluding hydrogens is 353 g/mol. The summed E-state index contributed by atoms with van der Waals surface area (Å²) in [6.45, 7) is 0. The van der Waals surface area contributed by atoms with E-state index >= 15 is 4.39 Å². The van der Waals surface area contributed by atoms with Crippen LogP contribution in [0, 0.1) is 0 Å². The largest absolute Gasteiger partial charge is 0.496 e. The smallest absolute Gasteiger partial charge is 0.279 e. The SMILES string of the molecule is COc1ccccc1C1(F)C(=O)Nc2scc(-c3ccccc3)c2C1=O. The lowest BCUT2D eigenvalue weighted by molar-refractivity contribution is -0.125. The monoisotopic (exact) mass is 367 g/mol. The summed E-state index contributed by atoms with van der Waals surface area (Å²) >= 11 is 1.21. The van der Waals surface area contributed by atoms with Crippen LogP contribution < -0.4 is 10.1 Å². The third-order valence-electron chi connectivity index (χ3n) is 4.43. The second kappa shape index (κ2) is 6.07. The van der Waals surface area contributed by atoms with Gasteiger partial charge in [-0.2, -0.15) is 0 Å². The molecule has 1 N–H and O–H groups in total. The Morgan fingerprint density at radius 2 is 1.73 bits per heavy atom. The van der Waals surface area contributed by atoms with Crippen molar-refractivity contribution in [3.05, 3.63) is 71.1 Å². The van der Waals surface area contributed by atoms with Gasteiger partial charge < -0.3 is 10.1 Å². The second-order valence-electron chi connectivity index (χ2n) is 5.86. The van der Waals surface area contributed by atoms with E-state index in [0.29, 0.717) is 10.6 Å². The van der Waals surface area contributed by atoms with Crippen molar-refractivity contribution < 1.29 is 18.7 Å². The molecule has 1 amide bonds. The van der Waals surface area contributed by atoms with Crippen molar-refractivity contribution in [1.29, 1.82) is 0 Å². The topological polar surface area (TPSA) is 55.4 Å². The first-order chi connectivity index (χ1) is 12.6. The van der Waals surface area contributed by atoms with Gasteiger partial charge in [-0.05, 0) is 11.6 Å². The Morgan fingerprint density at radius 3 is 2.46 bits per heavy atom. The van der Waals surface area contributed by atoms with Crippen LogP contribution >= 0.6 is 11.3 Å². The van der Waals surface area contributed by atoms with Crippen molar-refractivity contribution in [2.45, 2.75) is 5.67 Å². The molecule has 130 valence electrons. The van der Waals surface area contributed by atoms with E-state index in [1.54, 1.807) is 17.5 Å². The number of methoxy groups -OCH3 is 1. The lowest BCUT2D eigenvalue weighted by Crippen LogP contribution is -2.47. The van der Waals surface area contributed by atoms with E-state index in [4.69, 9.17) is 4.74 Å². The molecule has 0 radical (unpaired) electrons. The van der Waals surface area contributed by atoms with Gasteiger partial charge in [-0.15, -0.1) is 11.3 Å². The summed E-state index contributed by atoms with van der Waals surface area (Å²) in [4.78, 5) is 25.7. The van der Waals surface area contributed by atoms with E-state index in [0.717, 1.165) is 5.56 Å². The van der Waals surface area contributed by atoms with Gasteiger partial charge in [0.25, 0.3) is 11.6 Å². The van der Waals surface area contributed by atoms with E-state index < -0.39 is 17.4 Å². The van der Waals surface area contributed by atoms with Gasteiger partial charge in [0.05, 0.1) is 12.7 Å². The fourth-order valence-corrected chi connectivity index (χ4v) is 4.11. The number of carbonyl (C=O) groups is 2. The Bertz CT molecular complexity index is 1010. The minimum Gasteiger partial charge on any atom is -0.496 e. The van der Waals surface area contributed by atoms with Crippen molar-refractivity contribution in [3.63, 3.8) is 0 Å². The molecule has 0 aliphatic carbocycles. The highest BCUT2D eigenvalue weighted by Gasteiger charge is 2.55. The number of rotatable bonds is 3. The number of nitrogens with one attached hydrogen (secondary N) is 1. The molecule has 0 fully saturated rings. The molecule has 0 spiro atoms. The number of anilines is 1. The van der Waals surface area contributed by atoms with E-state index in [2.05, 4.69) is 5.32 Å². The third-order valence-corrected chi connectivity index (χ3v) is 5.33. The molecule has 1 atom stereocenters. The molecule has 4 nitrogen and oxygen atoms in total. The number of para-hydroxylation sites is 1. The first-order valence-electron chi connectivity index (χ1n) is 7.93. The molecule has 4 rings (SSSR count). The van der Waals surface area contributed by atoms with Crippen molar-refractivity contribution in [2.75, 3.05) is 12.4 Å². The van der Waals surface area contributed by atoms with Gasteiger partial charge in [-0.25, -0.2) is 4.39 Å². The highest BCUT2D eigenvalue weighted by Crippen LogP contribution is 2.47. The zero-order valence-corrected chi connectivity index (χ0v) is 14.6. The summed E-state index contributed by atoms with van der Waals surface area (Å²) in [5, 5.41) is 4.67. The number of ether oxygens (including phenoxy) is 1. The zero-order chi connectivity index (χ0) is 18.3. The molecule has 1 unspecified atom stereocenters. The number of Topliss-reactive ketones (excluding diaryl/α,β-unsaturated/α-hetero) is 1. The predicted molar refractivity (Wildman–Crippen MR) is 98.5 cm³/mol. The molecule has 0 saturated carbocycles. The number of ketones is 1. The lowest BCUT2D eigenvalue weighted by atomic mass is 9.82. The van der Waals surface area contributed by atoms with E-state index in [1.165, 1.54) is 30.6 Å². The minimum atomic E-state index is -2.84. The molecule has 2 heterocycles. The number of alkyl halides is 1. The average Bonchev–Trinajstić information content (AvgIpc) is 3.10. The number of carbonyl (C=O) groups excluding carboxylic acids is 2. The van der Waals surface area contributed by atoms with Gasteiger partial charge >= 0.3 is 0 Å². The minimum absolute atomic E-state index is 0.0964. The number of thiophene rings is 1. The van der Waals surface area contributed by atoms with Crippen LogP contribution in [0.1, 0.15) is 15.9 Å². The molecule has 0 bridgehead atoms. The first-order valence-corrected chi connectivity index (χ1v) is 8.81. The van der Waals surface area contributed by atoms with Crippen LogP contribution in [0.15, 0.2) is 60.0 Å². The number of halogens is 1. The van der Waals surface area contributed by atoms with Crippen LogP contribution in [0.2, 0.25) is 0 Å². The van der Waals surface area contributed by atoms with Crippen LogP contribution in [-0.2, 0) is 10.5 Å². The predicted octanol–water partition coefficient (Wildman–Crippen LogP) is 4.42. The van der Waals surface area contributed by atoms with Gasteiger partial charge in [0.1, 0.15) is 10.8 Å². The number of benzene rings is 2. The summed E-state index contributed by atoms with van der Waals surface area (Å²) in [6, 6.07) is 15.4. The molecular formula is C20H14FNO3S. The molecule has 0 saturated heterocycles. The van der Waals surface area contributed by atoms with E-state index in [-0.39, 0.29) is 16.9 Å². The Morgan fingerprint density at radius 1 is 1.04 bits per heavy atom. The maximum atomic E-state index is 16.0. The van der Waals surface area contributed by atoms with E-state index in [1.807, 2.05) is 30.3 Å². The number of fused-ring (bicyclic) bond motifs is 1. The van der Waals surface area contributed by atoms with Crippen LogP contribution in [-0.4, -0.2) is 18.8 Å². The number of hydrogen-bond acceptors (Lipinski definition) is 4. The van der Waals surface area contributed by atoms with Crippen LogP contribution in [0.5, 0.6) is 5.75 Å². The van der Waals surface area contributed by atoms with Gasteiger partial charge in [0, 0.05) is 16.5 Å². The fraction of sp³-hybridized carbons (Fsp3) is 0.100. The molecule has 2 aromatic carbocycles. The molecule has 3 aromatic rings. The Kier molecular flexibility index (Phi) is 3.85. The van der Waals surface area contributed by atoms with Gasteiger partial charge in [0.2, 0.25) is 5.78 Å². The van der Waals surface area contributed by atoms with Crippen molar-refractivity contribution in [3.8, 4) is 16.9 Å². The first kappa shape index (κ1) is 16.5. The highest BCUT2D eigenvalue weighted by molar-refractivity contribution is 7.15. The van der Waals surface area contributed by atoms with Crippen molar-refractivity contribution in [1.82, 2.24) is 0 Å². The number of amides is 1. The molecule has 6 heteroatoms. The summed E-state index contributed by atoms with van der Waals surface area (Å²) in [5.74, 6) is -1.72. The van der Waals surface area contributed by atoms with Gasteiger partial charge in [-0.3, -0.25) is 9.59 Å². The average molecular weight is 367 g/mol. The highest BCUT2D eigenvalue weighted by atomic mass is 32.1. The Hall–Kier alpha value is -2.99. The van der Waals surface area contributed by atoms with Crippen LogP contribution in [0.3, 0.4) is 0 Å². The van der Waals surface area contributed by atoms with Gasteiger partial charge in [-0.1, -0.05) is 48.5 Å². The Labute approximate surface area is 153 Å². The maximum absolute atomic E-state index is 16.0. The third kappa shape index (κ3) is 2.26. The zero-order valence-electron chi connectivity index (χ0n) is 13.8. The van der Waals surface area contributed by atoms with Crippen molar-refractivity contribution in [2.24, 2.45) is 0 Å². The fourth-order valence-electron chi connectivity index (χ4n) is 3.14. The molecule has 1 aromatic heterocycles. The van der Waals surface area contributed by atoms with Crippen LogP contribution in [0.4, 0.5) is 9.39 Å². The summed E-state index contributed by atoms with van der Waals surface area (Å²) in [5.41, 5.74) is -1.36. The summed E-state index contributed by atoms with van der Waals surface area (Å²) in [7, 11) is 1.37. The lowest BCUT2D eigenvalue weighted by Gasteiger charge is -2.29. The molecule has 1 aliphatic rings. The van der Waals surface area contributed by atoms with Gasteiger partial charge in [0.15, 0.2) is 0 Å². The second-order valence-corrected chi connectivity index (χ2v) is 6.74. The Balaban J connectivity index is 1.91. The number of hydrogen-bond donors (Lipinski definition) is 1. The van der Waals surface area contributed by atoms with E-state index in [9.17, 15) is 9.59 Å². The molecule has 26 heavy (non-hydrogen) atoms. The summed E-state index contributed by atoms with van der Waals surface area (Å²) < 4.78 is 21.1. The maximum Gasteiger partial charge on any atom is 0.279 e.